The van der Waals surface area contributed by atoms with Gasteiger partial charge in [-0.3, -0.25) is 4.90 Å². The van der Waals surface area contributed by atoms with Crippen LogP contribution in [0.25, 0.3) is 0 Å². The number of carbonyl (C=O) groups excluding carboxylic acids is 1. The van der Waals surface area contributed by atoms with Crippen LogP contribution in [0, 0.1) is 17.0 Å². The minimum atomic E-state index is -0.656. The molecule has 1 atom stereocenters. The van der Waals surface area contributed by atoms with E-state index in [2.05, 4.69) is 10.2 Å². The van der Waals surface area contributed by atoms with Gasteiger partial charge in [-0.2, -0.15) is 26.8 Å². The maximum atomic E-state index is 14.6. The van der Waals surface area contributed by atoms with Crippen molar-refractivity contribution in [2.45, 2.75) is 12.6 Å². The molecule has 3 saturated heterocycles. The van der Waals surface area contributed by atoms with Crippen LogP contribution in [0.2, 0.25) is 0 Å². The average molecular weight is 393 g/mol. The number of hydrogen-bond acceptors (Lipinski definition) is 6. The van der Waals surface area contributed by atoms with E-state index in [0.29, 0.717) is 13.1 Å². The van der Waals surface area contributed by atoms with E-state index in [-0.39, 0.29) is 29.9 Å². The quantitative estimate of drug-likeness (QED) is 0.793. The largest absolute Gasteiger partial charge is 0.442 e. The molecule has 27 heavy (non-hydrogen) atoms. The molecule has 5 rings (SSSR count). The summed E-state index contributed by atoms with van der Waals surface area (Å²) in [6.07, 6.45) is 1.94. The molecule has 0 aliphatic carbocycles. The third-order valence-electron chi connectivity index (χ3n) is 5.21. The lowest BCUT2D eigenvalue weighted by molar-refractivity contribution is 0.126. The Labute approximate surface area is 158 Å². The van der Waals surface area contributed by atoms with E-state index in [1.165, 1.54) is 34.2 Å². The number of carbonyl (C=O) groups is 1. The SMILES string of the molecule is O=C1O[C@@H](Cn2nccn2)CN1c1cc(F)c(N2CC3(CSC3)C2)c(F)c1. The fourth-order valence-corrected chi connectivity index (χ4v) is 5.00. The van der Waals surface area contributed by atoms with Crippen LogP contribution in [0.4, 0.5) is 25.0 Å². The lowest BCUT2D eigenvalue weighted by Crippen LogP contribution is -2.63. The van der Waals surface area contributed by atoms with Gasteiger partial charge in [-0.05, 0) is 0 Å². The zero-order valence-electron chi connectivity index (χ0n) is 14.3. The number of halogens is 2. The van der Waals surface area contributed by atoms with Crippen LogP contribution in [0.15, 0.2) is 24.5 Å². The molecule has 1 aromatic heterocycles. The number of nitrogens with zero attached hydrogens (tertiary/aromatic N) is 5. The minimum Gasteiger partial charge on any atom is -0.442 e. The molecule has 7 nitrogen and oxygen atoms in total. The number of amides is 1. The second-order valence-electron chi connectivity index (χ2n) is 7.31. The second-order valence-corrected chi connectivity index (χ2v) is 8.29. The number of ether oxygens (including phenoxy) is 1. The molecule has 1 spiro atoms. The van der Waals surface area contributed by atoms with E-state index < -0.39 is 23.8 Å². The van der Waals surface area contributed by atoms with E-state index >= 15 is 0 Å². The van der Waals surface area contributed by atoms with Crippen molar-refractivity contribution in [2.24, 2.45) is 5.41 Å². The molecular weight excluding hydrogens is 376 g/mol. The van der Waals surface area contributed by atoms with E-state index in [4.69, 9.17) is 4.74 Å². The molecule has 1 amide bonds. The molecule has 142 valence electrons. The van der Waals surface area contributed by atoms with Crippen molar-refractivity contribution < 1.29 is 18.3 Å². The van der Waals surface area contributed by atoms with Gasteiger partial charge in [-0.15, -0.1) is 0 Å². The summed E-state index contributed by atoms with van der Waals surface area (Å²) in [4.78, 5) is 16.5. The fraction of sp³-hybridized carbons (Fsp3) is 0.471. The van der Waals surface area contributed by atoms with Gasteiger partial charge < -0.3 is 9.64 Å². The van der Waals surface area contributed by atoms with Gasteiger partial charge in [0.2, 0.25) is 0 Å². The lowest BCUT2D eigenvalue weighted by atomic mass is 9.82. The summed E-state index contributed by atoms with van der Waals surface area (Å²) < 4.78 is 34.6. The minimum absolute atomic E-state index is 0.00821. The van der Waals surface area contributed by atoms with Gasteiger partial charge in [-0.25, -0.2) is 13.6 Å². The predicted octanol–water partition coefficient (Wildman–Crippen LogP) is 2.13. The molecule has 1 aromatic carbocycles. The number of hydrogen-bond donors (Lipinski definition) is 0. The maximum absolute atomic E-state index is 14.6. The van der Waals surface area contributed by atoms with E-state index in [1.54, 1.807) is 4.90 Å². The third kappa shape index (κ3) is 2.82. The van der Waals surface area contributed by atoms with Crippen LogP contribution in [0.5, 0.6) is 0 Å². The Morgan fingerprint density at radius 1 is 1.19 bits per heavy atom. The third-order valence-corrected chi connectivity index (χ3v) is 6.84. The molecule has 0 unspecified atom stereocenters. The molecule has 3 fully saturated rings. The van der Waals surface area contributed by atoms with Crippen LogP contribution >= 0.6 is 11.8 Å². The number of anilines is 2. The van der Waals surface area contributed by atoms with Gasteiger partial charge in [-0.1, -0.05) is 0 Å². The van der Waals surface area contributed by atoms with Crippen LogP contribution < -0.4 is 9.80 Å². The Balaban J connectivity index is 1.32. The first-order valence-corrected chi connectivity index (χ1v) is 9.82. The Bertz CT molecular complexity index is 858. The first-order chi connectivity index (χ1) is 13.0. The summed E-state index contributed by atoms with van der Waals surface area (Å²) in [5.74, 6) is 0.794. The van der Waals surface area contributed by atoms with E-state index in [9.17, 15) is 13.6 Å². The van der Waals surface area contributed by atoms with Crippen molar-refractivity contribution in [1.82, 2.24) is 15.0 Å². The Morgan fingerprint density at radius 3 is 2.44 bits per heavy atom. The van der Waals surface area contributed by atoms with Crippen molar-refractivity contribution in [1.29, 1.82) is 0 Å². The van der Waals surface area contributed by atoms with Gasteiger partial charge >= 0.3 is 6.09 Å². The summed E-state index contributed by atoms with van der Waals surface area (Å²) >= 11 is 1.86. The fourth-order valence-electron chi connectivity index (χ4n) is 3.85. The molecule has 2 aromatic rings. The summed E-state index contributed by atoms with van der Waals surface area (Å²) in [5.41, 5.74) is 0.379. The number of rotatable bonds is 4. The zero-order valence-corrected chi connectivity index (χ0v) is 15.2. The standard InChI is InChI=1S/C17H17F2N5O2S/c18-13-3-11(4-14(19)15(13)22-7-17(8-22)9-27-10-17)23-5-12(26-16(23)25)6-24-20-1-2-21-24/h1-4,12H,5-10H2/t12-/m1/s1. The number of cyclic esters (lactones) is 1. The van der Waals surface area contributed by atoms with Gasteiger partial charge in [0.15, 0.2) is 11.6 Å². The second kappa shape index (κ2) is 6.08. The number of thioether (sulfide) groups is 1. The normalized spacial score (nSPS) is 23.3. The lowest BCUT2D eigenvalue weighted by Gasteiger charge is -2.56. The van der Waals surface area contributed by atoms with Crippen molar-refractivity contribution in [2.75, 3.05) is 40.9 Å². The monoisotopic (exact) mass is 393 g/mol. The zero-order chi connectivity index (χ0) is 18.6. The van der Waals surface area contributed by atoms with Crippen molar-refractivity contribution in [3.8, 4) is 0 Å². The molecule has 0 saturated carbocycles. The molecular formula is C17H17F2N5O2S. The highest BCUT2D eigenvalue weighted by Gasteiger charge is 2.49. The first kappa shape index (κ1) is 16.8. The molecule has 0 N–H and O–H groups in total. The Hall–Kier alpha value is -2.36. The van der Waals surface area contributed by atoms with Gasteiger partial charge in [0.1, 0.15) is 11.8 Å². The van der Waals surface area contributed by atoms with Gasteiger partial charge in [0, 0.05) is 42.1 Å². The Kier molecular flexibility index (Phi) is 3.78. The van der Waals surface area contributed by atoms with E-state index in [0.717, 1.165) is 11.5 Å². The molecule has 0 bridgehead atoms. The number of aromatic nitrogens is 3. The molecule has 3 aliphatic rings. The van der Waals surface area contributed by atoms with Crippen molar-refractivity contribution in [3.63, 3.8) is 0 Å². The topological polar surface area (TPSA) is 63.5 Å². The smallest absolute Gasteiger partial charge is 0.414 e. The molecule has 0 radical (unpaired) electrons. The summed E-state index contributed by atoms with van der Waals surface area (Å²) in [6.45, 7) is 1.82. The number of benzene rings is 1. The van der Waals surface area contributed by atoms with Crippen molar-refractivity contribution >= 4 is 29.2 Å². The highest BCUT2D eigenvalue weighted by Crippen LogP contribution is 2.48. The van der Waals surface area contributed by atoms with Gasteiger partial charge in [0.05, 0.1) is 31.2 Å². The molecule has 4 heterocycles. The molecule has 3 aliphatic heterocycles. The molecule has 10 heteroatoms. The predicted molar refractivity (Wildman–Crippen MR) is 96.0 cm³/mol. The Morgan fingerprint density at radius 2 is 1.85 bits per heavy atom. The first-order valence-electron chi connectivity index (χ1n) is 8.67. The van der Waals surface area contributed by atoms with Crippen LogP contribution in [-0.4, -0.2) is 58.3 Å². The maximum Gasteiger partial charge on any atom is 0.414 e. The summed E-state index contributed by atoms with van der Waals surface area (Å²) in [6, 6.07) is 2.41. The van der Waals surface area contributed by atoms with E-state index in [1.807, 2.05) is 11.8 Å². The van der Waals surface area contributed by atoms with Crippen LogP contribution in [0.1, 0.15) is 0 Å². The van der Waals surface area contributed by atoms with Crippen LogP contribution in [0.3, 0.4) is 0 Å². The summed E-state index contributed by atoms with van der Waals surface area (Å²) in [5, 5.41) is 7.94. The van der Waals surface area contributed by atoms with Crippen molar-refractivity contribution in [3.05, 3.63) is 36.2 Å². The van der Waals surface area contributed by atoms with Crippen LogP contribution in [-0.2, 0) is 11.3 Å². The highest BCUT2D eigenvalue weighted by molar-refractivity contribution is 8.00. The summed E-state index contributed by atoms with van der Waals surface area (Å²) in [7, 11) is 0. The average Bonchev–Trinajstić information content (AvgIpc) is 3.16. The highest BCUT2D eigenvalue weighted by atomic mass is 32.2. The van der Waals surface area contributed by atoms with Gasteiger partial charge in [0.25, 0.3) is 0 Å².